The number of aryl methyl sites for hydroxylation is 1. The molecule has 33 heavy (non-hydrogen) atoms. The lowest BCUT2D eigenvalue weighted by Gasteiger charge is -2.29. The standard InChI is InChI=1S/C25H21F2N5.ClH/c1-15-22-23(16-5-8-18(9-6-16)32-11-3-2-4-12-32)20(14-28)24(29-25(22)31-30-15)19-13-17(26)7-10-21(19)27;/h5-10,13H,2-4,11-12H2,1H3,(H,29,30,31);1H. The van der Waals surface area contributed by atoms with Crippen molar-refractivity contribution >= 4 is 29.1 Å². The highest BCUT2D eigenvalue weighted by molar-refractivity contribution is 6.00. The Hall–Kier alpha value is -3.50. The minimum atomic E-state index is -0.645. The SMILES string of the molecule is Cc1[nH]nc2nc(-c3cc(F)ccc3F)c(C#N)c(-c3ccc(N4CCCCC4)cc3)c12.Cl. The topological polar surface area (TPSA) is 68.6 Å². The van der Waals surface area contributed by atoms with Gasteiger partial charge < -0.3 is 4.90 Å². The first-order valence-electron chi connectivity index (χ1n) is 10.7. The van der Waals surface area contributed by atoms with E-state index in [9.17, 15) is 14.0 Å². The molecule has 0 spiro atoms. The number of nitrogens with one attached hydrogen (secondary N) is 1. The number of nitrogens with zero attached hydrogens (tertiary/aromatic N) is 4. The lowest BCUT2D eigenvalue weighted by Crippen LogP contribution is -2.29. The number of rotatable bonds is 3. The summed E-state index contributed by atoms with van der Waals surface area (Å²) in [5, 5.41) is 17.9. The van der Waals surface area contributed by atoms with Crippen LogP contribution in [0.3, 0.4) is 0 Å². The van der Waals surface area contributed by atoms with E-state index in [1.165, 1.54) is 19.3 Å². The molecule has 8 heteroatoms. The summed E-state index contributed by atoms with van der Waals surface area (Å²) in [6.07, 6.45) is 3.62. The van der Waals surface area contributed by atoms with Gasteiger partial charge in [-0.2, -0.15) is 10.4 Å². The Morgan fingerprint density at radius 2 is 1.76 bits per heavy atom. The van der Waals surface area contributed by atoms with Gasteiger partial charge in [0.05, 0.1) is 16.6 Å². The summed E-state index contributed by atoms with van der Waals surface area (Å²) in [5.74, 6) is -1.24. The van der Waals surface area contributed by atoms with Gasteiger partial charge in [-0.15, -0.1) is 12.4 Å². The summed E-state index contributed by atoms with van der Waals surface area (Å²) in [6.45, 7) is 3.92. The normalized spacial score (nSPS) is 13.6. The molecule has 3 heterocycles. The zero-order chi connectivity index (χ0) is 22.2. The van der Waals surface area contributed by atoms with Crippen molar-refractivity contribution in [2.45, 2.75) is 26.2 Å². The summed E-state index contributed by atoms with van der Waals surface area (Å²) in [6, 6.07) is 13.4. The van der Waals surface area contributed by atoms with Gasteiger partial charge in [0.2, 0.25) is 0 Å². The first-order chi connectivity index (χ1) is 15.6. The number of pyridine rings is 1. The Bertz CT molecular complexity index is 1350. The van der Waals surface area contributed by atoms with E-state index in [4.69, 9.17) is 0 Å². The van der Waals surface area contributed by atoms with E-state index in [2.05, 4.69) is 26.2 Å². The van der Waals surface area contributed by atoms with Crippen LogP contribution in [0.4, 0.5) is 14.5 Å². The molecule has 4 aromatic rings. The molecule has 1 aliphatic heterocycles. The molecule has 1 saturated heterocycles. The number of fused-ring (bicyclic) bond motifs is 1. The summed E-state index contributed by atoms with van der Waals surface area (Å²) < 4.78 is 28.5. The Morgan fingerprint density at radius 3 is 2.45 bits per heavy atom. The van der Waals surface area contributed by atoms with E-state index < -0.39 is 11.6 Å². The first-order valence-corrected chi connectivity index (χ1v) is 10.7. The van der Waals surface area contributed by atoms with Crippen molar-refractivity contribution < 1.29 is 8.78 Å². The molecule has 0 bridgehead atoms. The van der Waals surface area contributed by atoms with E-state index in [-0.39, 0.29) is 29.2 Å². The number of aromatic nitrogens is 3. The van der Waals surface area contributed by atoms with Crippen LogP contribution in [0, 0.1) is 29.9 Å². The number of halogens is 3. The van der Waals surface area contributed by atoms with E-state index in [1.807, 2.05) is 31.2 Å². The van der Waals surface area contributed by atoms with Crippen LogP contribution in [0.2, 0.25) is 0 Å². The molecule has 0 aliphatic carbocycles. The zero-order valence-electron chi connectivity index (χ0n) is 18.0. The maximum atomic E-state index is 14.6. The van der Waals surface area contributed by atoms with Gasteiger partial charge in [-0.3, -0.25) is 5.10 Å². The van der Waals surface area contributed by atoms with Crippen molar-refractivity contribution in [1.82, 2.24) is 15.2 Å². The van der Waals surface area contributed by atoms with E-state index in [0.717, 1.165) is 48.2 Å². The molecule has 2 aromatic carbocycles. The Morgan fingerprint density at radius 1 is 1.03 bits per heavy atom. The second kappa shape index (κ2) is 9.16. The first kappa shape index (κ1) is 22.7. The van der Waals surface area contributed by atoms with Crippen molar-refractivity contribution in [3.8, 4) is 28.5 Å². The van der Waals surface area contributed by atoms with E-state index >= 15 is 0 Å². The van der Waals surface area contributed by atoms with Crippen LogP contribution < -0.4 is 4.90 Å². The molecular weight excluding hydrogens is 444 g/mol. The average Bonchev–Trinajstić information content (AvgIpc) is 3.20. The highest BCUT2D eigenvalue weighted by atomic mass is 35.5. The van der Waals surface area contributed by atoms with E-state index in [0.29, 0.717) is 16.6 Å². The van der Waals surface area contributed by atoms with Gasteiger partial charge in [-0.1, -0.05) is 12.1 Å². The lowest BCUT2D eigenvalue weighted by atomic mass is 9.93. The predicted octanol–water partition coefficient (Wildman–Crippen LogP) is 6.16. The van der Waals surface area contributed by atoms with Crippen molar-refractivity contribution in [3.05, 3.63) is 65.4 Å². The fourth-order valence-electron chi connectivity index (χ4n) is 4.46. The van der Waals surface area contributed by atoms with Crippen molar-refractivity contribution in [2.75, 3.05) is 18.0 Å². The number of aromatic amines is 1. The molecule has 1 fully saturated rings. The highest BCUT2D eigenvalue weighted by Crippen LogP contribution is 2.38. The molecule has 1 N–H and O–H groups in total. The van der Waals surface area contributed by atoms with Gasteiger partial charge in [-0.05, 0) is 62.1 Å². The third-order valence-corrected chi connectivity index (χ3v) is 6.06. The maximum Gasteiger partial charge on any atom is 0.182 e. The molecule has 0 radical (unpaired) electrons. The van der Waals surface area contributed by atoms with Crippen LogP contribution in [-0.2, 0) is 0 Å². The zero-order valence-corrected chi connectivity index (χ0v) is 18.8. The molecule has 5 nitrogen and oxygen atoms in total. The fraction of sp³-hybridized carbons (Fsp3) is 0.240. The molecule has 0 amide bonds. The summed E-state index contributed by atoms with van der Waals surface area (Å²) >= 11 is 0. The molecule has 1 aliphatic rings. The van der Waals surface area contributed by atoms with Crippen LogP contribution in [-0.4, -0.2) is 28.3 Å². The van der Waals surface area contributed by atoms with E-state index in [1.54, 1.807) is 0 Å². The highest BCUT2D eigenvalue weighted by Gasteiger charge is 2.23. The Balaban J connectivity index is 0.00000259. The number of anilines is 1. The van der Waals surface area contributed by atoms with Crippen molar-refractivity contribution in [1.29, 1.82) is 5.26 Å². The second-order valence-corrected chi connectivity index (χ2v) is 8.09. The van der Waals surface area contributed by atoms with Crippen LogP contribution in [0.15, 0.2) is 42.5 Å². The summed E-state index contributed by atoms with van der Waals surface area (Å²) in [4.78, 5) is 6.79. The van der Waals surface area contributed by atoms with Gasteiger partial charge in [0.15, 0.2) is 5.65 Å². The third-order valence-electron chi connectivity index (χ3n) is 6.06. The molecule has 0 unspecified atom stereocenters. The summed E-state index contributed by atoms with van der Waals surface area (Å²) in [7, 11) is 0. The number of hydrogen-bond donors (Lipinski definition) is 1. The third kappa shape index (κ3) is 4.03. The largest absolute Gasteiger partial charge is 0.372 e. The monoisotopic (exact) mass is 465 g/mol. The van der Waals surface area contributed by atoms with Gasteiger partial charge in [0, 0.05) is 35.6 Å². The van der Waals surface area contributed by atoms with Crippen LogP contribution in [0.5, 0.6) is 0 Å². The number of nitriles is 1. The minimum Gasteiger partial charge on any atom is -0.372 e. The Kier molecular flexibility index (Phi) is 6.30. The molecule has 5 rings (SSSR count). The molecule has 0 saturated carbocycles. The molecular formula is C25H22ClF2N5. The number of benzene rings is 2. The fourth-order valence-corrected chi connectivity index (χ4v) is 4.46. The smallest absolute Gasteiger partial charge is 0.182 e. The van der Waals surface area contributed by atoms with Crippen molar-refractivity contribution in [2.24, 2.45) is 0 Å². The number of H-pyrrole nitrogens is 1. The predicted molar refractivity (Wildman–Crippen MR) is 127 cm³/mol. The van der Waals surface area contributed by atoms with Crippen LogP contribution in [0.25, 0.3) is 33.4 Å². The number of piperidine rings is 1. The quantitative estimate of drug-likeness (QED) is 0.393. The molecule has 2 aromatic heterocycles. The van der Waals surface area contributed by atoms with Crippen molar-refractivity contribution in [3.63, 3.8) is 0 Å². The van der Waals surface area contributed by atoms with Crippen LogP contribution in [0.1, 0.15) is 30.5 Å². The summed E-state index contributed by atoms with van der Waals surface area (Å²) in [5.41, 5.74) is 3.88. The molecule has 0 atom stereocenters. The second-order valence-electron chi connectivity index (χ2n) is 8.09. The van der Waals surface area contributed by atoms with Gasteiger partial charge in [-0.25, -0.2) is 13.8 Å². The van der Waals surface area contributed by atoms with Gasteiger partial charge in [0.1, 0.15) is 17.7 Å². The van der Waals surface area contributed by atoms with Crippen LogP contribution >= 0.6 is 12.4 Å². The average molecular weight is 466 g/mol. The minimum absolute atomic E-state index is 0. The Labute approximate surface area is 196 Å². The maximum absolute atomic E-state index is 14.6. The molecule has 168 valence electrons. The number of hydrogen-bond acceptors (Lipinski definition) is 4. The lowest BCUT2D eigenvalue weighted by molar-refractivity contribution is 0.578. The van der Waals surface area contributed by atoms with Gasteiger partial charge in [0.25, 0.3) is 0 Å². The van der Waals surface area contributed by atoms with Gasteiger partial charge >= 0.3 is 0 Å².